The van der Waals surface area contributed by atoms with Crippen LogP contribution in [0.1, 0.15) is 15.9 Å². The molecule has 1 aromatic heterocycles. The zero-order chi connectivity index (χ0) is 18.7. The molecule has 1 N–H and O–H groups in total. The number of rotatable bonds is 7. The number of nitrogens with zero attached hydrogens (tertiary/aromatic N) is 3. The summed E-state index contributed by atoms with van der Waals surface area (Å²) in [5.74, 6) is 0.104. The van der Waals surface area contributed by atoms with Crippen LogP contribution in [0.4, 0.5) is 5.69 Å². The largest absolute Gasteiger partial charge is 0.497 e. The number of ether oxygens (including phenoxy) is 1. The summed E-state index contributed by atoms with van der Waals surface area (Å²) in [5, 5.41) is 27.6. The topological polar surface area (TPSA) is 129 Å². The normalized spacial score (nSPS) is 10.8. The van der Waals surface area contributed by atoms with E-state index < -0.39 is 10.9 Å². The second kappa shape index (κ2) is 7.40. The number of carbonyl (C=O) groups is 1. The second-order valence-corrected chi connectivity index (χ2v) is 6.36. The van der Waals surface area contributed by atoms with Crippen LogP contribution in [0.3, 0.4) is 0 Å². The van der Waals surface area contributed by atoms with E-state index in [1.807, 2.05) is 0 Å². The van der Waals surface area contributed by atoms with Crippen molar-refractivity contribution in [2.45, 2.75) is 11.3 Å². The molecule has 0 fully saturated rings. The van der Waals surface area contributed by atoms with E-state index in [0.29, 0.717) is 33.9 Å². The summed E-state index contributed by atoms with van der Waals surface area (Å²) < 4.78 is 9.77. The Kier molecular flexibility index (Phi) is 5.03. The fourth-order valence-corrected chi connectivity index (χ4v) is 3.45. The molecule has 3 aromatic rings. The Morgan fingerprint density at radius 2 is 2.08 bits per heavy atom. The fraction of sp³-hybridized carbons (Fsp3) is 0.188. The number of thioether (sulfide) groups is 1. The molecule has 0 saturated carbocycles. The Bertz CT molecular complexity index is 987. The summed E-state index contributed by atoms with van der Waals surface area (Å²) in [6.07, 6.45) is 0.466. The zero-order valence-corrected chi connectivity index (χ0v) is 14.4. The van der Waals surface area contributed by atoms with Gasteiger partial charge in [0.15, 0.2) is 5.52 Å². The van der Waals surface area contributed by atoms with Crippen molar-refractivity contribution < 1.29 is 24.2 Å². The van der Waals surface area contributed by atoms with E-state index in [0.717, 1.165) is 0 Å². The molecule has 26 heavy (non-hydrogen) atoms. The molecule has 10 heteroatoms. The van der Waals surface area contributed by atoms with Gasteiger partial charge in [0.2, 0.25) is 5.52 Å². The number of methoxy groups -OCH3 is 1. The average Bonchev–Trinajstić information content (AvgIpc) is 3.11. The molecule has 9 nitrogen and oxygen atoms in total. The summed E-state index contributed by atoms with van der Waals surface area (Å²) in [5.41, 5.74) is 1.08. The van der Waals surface area contributed by atoms with E-state index in [4.69, 9.17) is 4.74 Å². The molecule has 0 radical (unpaired) electrons. The van der Waals surface area contributed by atoms with Gasteiger partial charge in [-0.05, 0) is 46.6 Å². The molecule has 0 aliphatic carbocycles. The highest BCUT2D eigenvalue weighted by molar-refractivity contribution is 7.99. The van der Waals surface area contributed by atoms with E-state index in [9.17, 15) is 20.0 Å². The number of hydrogen-bond donors (Lipinski definition) is 1. The Morgan fingerprint density at radius 3 is 2.77 bits per heavy atom. The van der Waals surface area contributed by atoms with Crippen LogP contribution >= 0.6 is 11.8 Å². The highest BCUT2D eigenvalue weighted by Gasteiger charge is 2.20. The fourth-order valence-electron chi connectivity index (χ4n) is 2.48. The molecular formula is C16H13N3O6S. The van der Waals surface area contributed by atoms with Crippen LogP contribution < -0.4 is 4.74 Å². The standard InChI is InChI=1S/C16H13N3O6S/c1-24-10-2-3-11(16(20)21)9(8-10)6-7-26-13-5-4-12(19(22)23)14-15(13)18-25-17-14/h2-5,8H,6-7H2,1H3,(H,20,21). The quantitative estimate of drug-likeness (QED) is 0.376. The Hall–Kier alpha value is -3.14. The van der Waals surface area contributed by atoms with Crippen LogP contribution in [0.5, 0.6) is 5.75 Å². The van der Waals surface area contributed by atoms with Gasteiger partial charge in [-0.2, -0.15) is 0 Å². The summed E-state index contributed by atoms with van der Waals surface area (Å²) in [6, 6.07) is 7.73. The molecule has 0 aliphatic rings. The van der Waals surface area contributed by atoms with Crippen LogP contribution in [0.25, 0.3) is 11.0 Å². The average molecular weight is 375 g/mol. The predicted molar refractivity (Wildman–Crippen MR) is 92.8 cm³/mol. The number of hydrogen-bond acceptors (Lipinski definition) is 8. The highest BCUT2D eigenvalue weighted by Crippen LogP contribution is 2.32. The number of fused-ring (bicyclic) bond motifs is 1. The third-order valence-electron chi connectivity index (χ3n) is 3.73. The zero-order valence-electron chi connectivity index (χ0n) is 13.5. The van der Waals surface area contributed by atoms with Gasteiger partial charge in [-0.25, -0.2) is 9.42 Å². The molecule has 0 amide bonds. The second-order valence-electron chi connectivity index (χ2n) is 5.23. The van der Waals surface area contributed by atoms with Gasteiger partial charge in [0, 0.05) is 16.7 Å². The van der Waals surface area contributed by atoms with E-state index in [-0.39, 0.29) is 16.8 Å². The van der Waals surface area contributed by atoms with E-state index in [1.165, 1.54) is 31.0 Å². The number of aromatic nitrogens is 2. The van der Waals surface area contributed by atoms with Gasteiger partial charge in [0.1, 0.15) is 5.75 Å². The SMILES string of the molecule is COc1ccc(C(=O)O)c(CCSc2ccc([N+](=O)[O-])c3nonc23)c1. The minimum Gasteiger partial charge on any atom is -0.497 e. The van der Waals surface area contributed by atoms with Crippen molar-refractivity contribution in [3.05, 3.63) is 51.6 Å². The molecule has 0 unspecified atom stereocenters. The van der Waals surface area contributed by atoms with Gasteiger partial charge in [0.25, 0.3) is 0 Å². The van der Waals surface area contributed by atoms with Gasteiger partial charge in [-0.1, -0.05) is 0 Å². The number of nitro groups is 1. The van der Waals surface area contributed by atoms with Crippen molar-refractivity contribution in [3.8, 4) is 5.75 Å². The van der Waals surface area contributed by atoms with Crippen molar-refractivity contribution in [2.75, 3.05) is 12.9 Å². The molecule has 0 aliphatic heterocycles. The molecule has 3 rings (SSSR count). The first-order valence-corrected chi connectivity index (χ1v) is 8.42. The smallest absolute Gasteiger partial charge is 0.335 e. The van der Waals surface area contributed by atoms with Crippen molar-refractivity contribution in [2.24, 2.45) is 0 Å². The number of carboxylic acids is 1. The summed E-state index contributed by atoms with van der Waals surface area (Å²) >= 11 is 1.38. The lowest BCUT2D eigenvalue weighted by atomic mass is 10.1. The van der Waals surface area contributed by atoms with E-state index in [2.05, 4.69) is 14.9 Å². The van der Waals surface area contributed by atoms with E-state index in [1.54, 1.807) is 18.2 Å². The highest BCUT2D eigenvalue weighted by atomic mass is 32.2. The van der Waals surface area contributed by atoms with Crippen LogP contribution in [0, 0.1) is 10.1 Å². The Balaban J connectivity index is 1.80. The number of benzene rings is 2. The molecule has 0 atom stereocenters. The monoisotopic (exact) mass is 375 g/mol. The molecular weight excluding hydrogens is 362 g/mol. The number of carboxylic acid groups (broad SMARTS) is 1. The number of aromatic carboxylic acids is 1. The van der Waals surface area contributed by atoms with Crippen molar-refractivity contribution in [3.63, 3.8) is 0 Å². The minimum atomic E-state index is -1.01. The van der Waals surface area contributed by atoms with Gasteiger partial charge in [0.05, 0.1) is 17.6 Å². The number of aryl methyl sites for hydroxylation is 1. The van der Waals surface area contributed by atoms with Gasteiger partial charge < -0.3 is 9.84 Å². The molecule has 0 spiro atoms. The third-order valence-corrected chi connectivity index (χ3v) is 4.77. The lowest BCUT2D eigenvalue weighted by Gasteiger charge is -2.08. The molecule has 134 valence electrons. The lowest BCUT2D eigenvalue weighted by molar-refractivity contribution is -0.383. The van der Waals surface area contributed by atoms with Gasteiger partial charge in [-0.3, -0.25) is 10.1 Å². The first-order valence-electron chi connectivity index (χ1n) is 7.44. The van der Waals surface area contributed by atoms with Gasteiger partial charge >= 0.3 is 11.7 Å². The van der Waals surface area contributed by atoms with Crippen LogP contribution in [0.15, 0.2) is 39.9 Å². The summed E-state index contributed by atoms with van der Waals surface area (Å²) in [4.78, 5) is 22.5. The number of nitro benzene ring substituents is 1. The van der Waals surface area contributed by atoms with Crippen LogP contribution in [-0.4, -0.2) is 39.2 Å². The molecule has 2 aromatic carbocycles. The minimum absolute atomic E-state index is 0.0904. The molecule has 0 saturated heterocycles. The summed E-state index contributed by atoms with van der Waals surface area (Å²) in [6.45, 7) is 0. The summed E-state index contributed by atoms with van der Waals surface area (Å²) in [7, 11) is 1.51. The van der Waals surface area contributed by atoms with E-state index >= 15 is 0 Å². The molecule has 1 heterocycles. The van der Waals surface area contributed by atoms with Crippen molar-refractivity contribution in [1.82, 2.24) is 10.3 Å². The maximum absolute atomic E-state index is 11.4. The Morgan fingerprint density at radius 1 is 1.31 bits per heavy atom. The van der Waals surface area contributed by atoms with Crippen molar-refractivity contribution in [1.29, 1.82) is 0 Å². The third kappa shape index (κ3) is 3.45. The van der Waals surface area contributed by atoms with Crippen molar-refractivity contribution >= 4 is 34.5 Å². The first-order chi connectivity index (χ1) is 12.5. The van der Waals surface area contributed by atoms with Crippen LogP contribution in [-0.2, 0) is 6.42 Å². The number of non-ortho nitro benzene ring substituents is 1. The lowest BCUT2D eigenvalue weighted by Crippen LogP contribution is -2.04. The molecule has 0 bridgehead atoms. The first kappa shape index (κ1) is 17.7. The Labute approximate surface area is 151 Å². The maximum Gasteiger partial charge on any atom is 0.335 e. The van der Waals surface area contributed by atoms with Gasteiger partial charge in [-0.15, -0.1) is 11.8 Å². The van der Waals surface area contributed by atoms with Crippen LogP contribution in [0.2, 0.25) is 0 Å². The maximum atomic E-state index is 11.4. The predicted octanol–water partition coefficient (Wildman–Crippen LogP) is 3.17.